The highest BCUT2D eigenvalue weighted by molar-refractivity contribution is 6.31. The second kappa shape index (κ2) is 8.59. The molecule has 0 radical (unpaired) electrons. The zero-order valence-corrected chi connectivity index (χ0v) is 15.1. The van der Waals surface area contributed by atoms with Crippen molar-refractivity contribution in [3.63, 3.8) is 0 Å². The quantitative estimate of drug-likeness (QED) is 0.555. The van der Waals surface area contributed by atoms with Gasteiger partial charge in [-0.15, -0.1) is 0 Å². The van der Waals surface area contributed by atoms with E-state index in [0.717, 1.165) is 35.0 Å². The molecule has 0 bridgehead atoms. The van der Waals surface area contributed by atoms with Crippen LogP contribution in [0.3, 0.4) is 0 Å². The number of halogens is 1. The molecule has 0 heterocycles. The van der Waals surface area contributed by atoms with Crippen LogP contribution in [-0.4, -0.2) is 0 Å². The number of benzene rings is 3. The largest absolute Gasteiger partial charge is 0.489 e. The topological polar surface area (TPSA) is 21.3 Å². The number of rotatable bonds is 7. The lowest BCUT2D eigenvalue weighted by Crippen LogP contribution is -2.01. The van der Waals surface area contributed by atoms with E-state index in [1.807, 2.05) is 36.4 Å². The Hall–Kier alpha value is -2.45. The number of ether oxygens (including phenoxy) is 1. The fourth-order valence-corrected chi connectivity index (χ4v) is 2.77. The summed E-state index contributed by atoms with van der Waals surface area (Å²) in [7, 11) is 0. The monoisotopic (exact) mass is 351 g/mol. The van der Waals surface area contributed by atoms with Crippen molar-refractivity contribution in [3.8, 4) is 5.75 Å². The second-order valence-electron chi connectivity index (χ2n) is 5.93. The van der Waals surface area contributed by atoms with Crippen LogP contribution in [0, 0.1) is 0 Å². The summed E-state index contributed by atoms with van der Waals surface area (Å²) < 4.78 is 5.88. The average molecular weight is 352 g/mol. The highest BCUT2D eigenvalue weighted by atomic mass is 35.5. The van der Waals surface area contributed by atoms with E-state index in [0.29, 0.717) is 6.61 Å². The molecule has 0 aromatic heterocycles. The average Bonchev–Trinajstić information content (AvgIpc) is 2.66. The van der Waals surface area contributed by atoms with E-state index in [9.17, 15) is 0 Å². The van der Waals surface area contributed by atoms with Crippen LogP contribution in [-0.2, 0) is 19.6 Å². The summed E-state index contributed by atoms with van der Waals surface area (Å²) in [4.78, 5) is 0. The summed E-state index contributed by atoms with van der Waals surface area (Å²) in [6.45, 7) is 3.39. The van der Waals surface area contributed by atoms with Gasteiger partial charge in [0.05, 0.1) is 0 Å². The first-order valence-electron chi connectivity index (χ1n) is 8.52. The number of hydrogen-bond donors (Lipinski definition) is 1. The van der Waals surface area contributed by atoms with Crippen molar-refractivity contribution < 1.29 is 4.74 Å². The lowest BCUT2D eigenvalue weighted by atomic mass is 10.1. The summed E-state index contributed by atoms with van der Waals surface area (Å²) in [5, 5.41) is 4.18. The molecule has 3 heteroatoms. The van der Waals surface area contributed by atoms with Gasteiger partial charge in [0.25, 0.3) is 0 Å². The Morgan fingerprint density at radius 1 is 0.880 bits per heavy atom. The summed E-state index contributed by atoms with van der Waals surface area (Å²) >= 11 is 6.17. The van der Waals surface area contributed by atoms with Crippen LogP contribution in [0.25, 0.3) is 0 Å². The summed E-state index contributed by atoms with van der Waals surface area (Å²) in [5.74, 6) is 0.848. The van der Waals surface area contributed by atoms with Crippen molar-refractivity contribution in [2.24, 2.45) is 0 Å². The number of aryl methyl sites for hydroxylation is 1. The molecule has 0 aliphatic carbocycles. The third kappa shape index (κ3) is 5.01. The first kappa shape index (κ1) is 17.4. The Morgan fingerprint density at radius 2 is 1.68 bits per heavy atom. The highest BCUT2D eigenvalue weighted by Crippen LogP contribution is 2.20. The van der Waals surface area contributed by atoms with Crippen LogP contribution in [0.1, 0.15) is 23.6 Å². The van der Waals surface area contributed by atoms with Gasteiger partial charge in [-0.3, -0.25) is 0 Å². The van der Waals surface area contributed by atoms with E-state index in [4.69, 9.17) is 16.3 Å². The molecule has 25 heavy (non-hydrogen) atoms. The SMILES string of the molecule is CCc1ccc(NCc2cccc(OCc3ccccc3Cl)c2)cc1. The van der Waals surface area contributed by atoms with E-state index in [1.54, 1.807) is 0 Å². The normalized spacial score (nSPS) is 10.5. The molecular weight excluding hydrogens is 330 g/mol. The van der Waals surface area contributed by atoms with E-state index in [1.165, 1.54) is 11.1 Å². The predicted octanol–water partition coefficient (Wildman–Crippen LogP) is 6.09. The maximum absolute atomic E-state index is 6.17. The van der Waals surface area contributed by atoms with Crippen molar-refractivity contribution in [1.82, 2.24) is 0 Å². The van der Waals surface area contributed by atoms with Crippen molar-refractivity contribution >= 4 is 17.3 Å². The zero-order chi connectivity index (χ0) is 17.5. The molecular formula is C22H22ClNO. The molecule has 3 rings (SSSR count). The maximum atomic E-state index is 6.17. The fraction of sp³-hybridized carbons (Fsp3) is 0.182. The van der Waals surface area contributed by atoms with Crippen LogP contribution in [0.4, 0.5) is 5.69 Å². The minimum absolute atomic E-state index is 0.467. The van der Waals surface area contributed by atoms with Crippen molar-refractivity contribution in [2.45, 2.75) is 26.5 Å². The Morgan fingerprint density at radius 3 is 2.44 bits per heavy atom. The minimum atomic E-state index is 0.467. The van der Waals surface area contributed by atoms with Crippen LogP contribution >= 0.6 is 11.6 Å². The molecule has 0 atom stereocenters. The van der Waals surface area contributed by atoms with Gasteiger partial charge >= 0.3 is 0 Å². The Labute approximate surface area is 154 Å². The van der Waals surface area contributed by atoms with Gasteiger partial charge in [-0.25, -0.2) is 0 Å². The lowest BCUT2D eigenvalue weighted by molar-refractivity contribution is 0.306. The molecule has 0 spiro atoms. The second-order valence-corrected chi connectivity index (χ2v) is 6.34. The van der Waals surface area contributed by atoms with E-state index in [-0.39, 0.29) is 0 Å². The van der Waals surface area contributed by atoms with E-state index in [2.05, 4.69) is 48.6 Å². The van der Waals surface area contributed by atoms with Crippen LogP contribution in [0.2, 0.25) is 5.02 Å². The third-order valence-corrected chi connectivity index (χ3v) is 4.48. The number of anilines is 1. The van der Waals surface area contributed by atoms with Gasteiger partial charge < -0.3 is 10.1 Å². The molecule has 0 amide bonds. The van der Waals surface area contributed by atoms with Crippen molar-refractivity contribution in [2.75, 3.05) is 5.32 Å². The van der Waals surface area contributed by atoms with Gasteiger partial charge in [0.2, 0.25) is 0 Å². The molecule has 0 saturated heterocycles. The van der Waals surface area contributed by atoms with E-state index < -0.39 is 0 Å². The Bertz CT molecular complexity index is 814. The predicted molar refractivity (Wildman–Crippen MR) is 105 cm³/mol. The summed E-state index contributed by atoms with van der Waals surface area (Å²) in [6.07, 6.45) is 1.06. The molecule has 0 unspecified atom stereocenters. The van der Waals surface area contributed by atoms with Gasteiger partial charge in [-0.05, 0) is 47.9 Å². The molecule has 1 N–H and O–H groups in total. The van der Waals surface area contributed by atoms with Crippen LogP contribution < -0.4 is 10.1 Å². The van der Waals surface area contributed by atoms with Gasteiger partial charge in [0.1, 0.15) is 12.4 Å². The Kier molecular flexibility index (Phi) is 5.97. The zero-order valence-electron chi connectivity index (χ0n) is 14.3. The van der Waals surface area contributed by atoms with Crippen molar-refractivity contribution in [3.05, 3.63) is 94.5 Å². The number of hydrogen-bond acceptors (Lipinski definition) is 2. The summed E-state index contributed by atoms with van der Waals surface area (Å²) in [6, 6.07) is 24.4. The van der Waals surface area contributed by atoms with Crippen molar-refractivity contribution in [1.29, 1.82) is 0 Å². The molecule has 3 aromatic carbocycles. The number of nitrogens with one attached hydrogen (secondary N) is 1. The molecule has 0 aliphatic heterocycles. The van der Waals surface area contributed by atoms with Gasteiger partial charge in [0.15, 0.2) is 0 Å². The molecule has 3 aromatic rings. The maximum Gasteiger partial charge on any atom is 0.120 e. The molecule has 0 aliphatic rings. The summed E-state index contributed by atoms with van der Waals surface area (Å²) in [5.41, 5.74) is 4.64. The van der Waals surface area contributed by atoms with Gasteiger partial charge in [-0.2, -0.15) is 0 Å². The van der Waals surface area contributed by atoms with E-state index >= 15 is 0 Å². The lowest BCUT2D eigenvalue weighted by Gasteiger charge is -2.11. The molecule has 0 saturated carbocycles. The molecule has 2 nitrogen and oxygen atoms in total. The van der Waals surface area contributed by atoms with Crippen LogP contribution in [0.5, 0.6) is 5.75 Å². The standard InChI is InChI=1S/C22H22ClNO/c1-2-17-10-12-20(13-11-17)24-15-18-6-5-8-21(14-18)25-16-19-7-3-4-9-22(19)23/h3-14,24H,2,15-16H2,1H3. The molecule has 128 valence electrons. The minimum Gasteiger partial charge on any atom is -0.489 e. The smallest absolute Gasteiger partial charge is 0.120 e. The first-order chi connectivity index (χ1) is 12.2. The first-order valence-corrected chi connectivity index (χ1v) is 8.90. The highest BCUT2D eigenvalue weighted by Gasteiger charge is 2.02. The molecule has 0 fully saturated rings. The van der Waals surface area contributed by atoms with Gasteiger partial charge in [0, 0.05) is 22.8 Å². The van der Waals surface area contributed by atoms with Gasteiger partial charge in [-0.1, -0.05) is 61.0 Å². The Balaban J connectivity index is 1.58. The fourth-order valence-electron chi connectivity index (χ4n) is 2.58. The van der Waals surface area contributed by atoms with Crippen LogP contribution in [0.15, 0.2) is 72.8 Å². The third-order valence-electron chi connectivity index (χ3n) is 4.11.